The lowest BCUT2D eigenvalue weighted by Crippen LogP contribution is -2.36. The standard InChI is InChI=1S/C25H38N6O4SSi/c1-20(2)31-18-26-17-24(31)23-11-12-27-25(29-23)28-21-7-9-22(10-8-21)36(32,33)30(13-14-34-3)19-35-15-16-37(4,5)6/h7-12,17-18,20H,13-16,19H2,1-6H3,(H,27,28,29). The number of nitrogens with one attached hydrogen (secondary N) is 1. The molecule has 10 nitrogen and oxygen atoms in total. The zero-order chi connectivity index (χ0) is 27.1. The first-order chi connectivity index (χ1) is 17.5. The third-order valence-electron chi connectivity index (χ3n) is 5.67. The molecular weight excluding hydrogens is 508 g/mol. The summed E-state index contributed by atoms with van der Waals surface area (Å²) < 4.78 is 40.8. The number of nitrogens with zero attached hydrogens (tertiary/aromatic N) is 5. The predicted octanol–water partition coefficient (Wildman–Crippen LogP) is 4.61. The van der Waals surface area contributed by atoms with Crippen molar-refractivity contribution in [2.45, 2.75) is 50.5 Å². The van der Waals surface area contributed by atoms with E-state index in [2.05, 4.69) is 53.8 Å². The van der Waals surface area contributed by atoms with Crippen molar-refractivity contribution < 1.29 is 17.9 Å². The zero-order valence-corrected chi connectivity index (χ0v) is 24.3. The molecule has 0 aliphatic carbocycles. The molecule has 0 aliphatic rings. The van der Waals surface area contributed by atoms with E-state index in [0.29, 0.717) is 18.2 Å². The Bertz CT molecular complexity index is 1240. The number of ether oxygens (including phenoxy) is 2. The number of rotatable bonds is 14. The average Bonchev–Trinajstić information content (AvgIpc) is 3.34. The third kappa shape index (κ3) is 8.17. The van der Waals surface area contributed by atoms with Gasteiger partial charge in [-0.05, 0) is 50.2 Å². The Morgan fingerprint density at radius 3 is 2.49 bits per heavy atom. The minimum Gasteiger partial charge on any atom is -0.383 e. The molecule has 37 heavy (non-hydrogen) atoms. The molecule has 1 N–H and O–H groups in total. The molecule has 0 amide bonds. The summed E-state index contributed by atoms with van der Waals surface area (Å²) in [4.78, 5) is 13.3. The zero-order valence-electron chi connectivity index (χ0n) is 22.5. The van der Waals surface area contributed by atoms with Gasteiger partial charge in [-0.2, -0.15) is 4.31 Å². The van der Waals surface area contributed by atoms with Gasteiger partial charge >= 0.3 is 0 Å². The fraction of sp³-hybridized carbons (Fsp3) is 0.480. The Kier molecular flexibility index (Phi) is 9.96. The van der Waals surface area contributed by atoms with Gasteiger partial charge in [-0.3, -0.25) is 0 Å². The number of imidazole rings is 1. The van der Waals surface area contributed by atoms with Crippen molar-refractivity contribution in [2.24, 2.45) is 0 Å². The molecule has 202 valence electrons. The van der Waals surface area contributed by atoms with Crippen LogP contribution in [-0.4, -0.2) is 73.9 Å². The maximum Gasteiger partial charge on any atom is 0.245 e. The number of methoxy groups -OCH3 is 1. The van der Waals surface area contributed by atoms with E-state index >= 15 is 0 Å². The van der Waals surface area contributed by atoms with Crippen LogP contribution < -0.4 is 5.32 Å². The molecule has 0 spiro atoms. The van der Waals surface area contributed by atoms with Gasteiger partial charge in [0.25, 0.3) is 0 Å². The summed E-state index contributed by atoms with van der Waals surface area (Å²) in [6, 6.07) is 9.57. The second kappa shape index (κ2) is 12.7. The van der Waals surface area contributed by atoms with Crippen LogP contribution in [0.4, 0.5) is 11.6 Å². The van der Waals surface area contributed by atoms with E-state index in [-0.39, 0.29) is 30.8 Å². The Morgan fingerprint density at radius 2 is 1.84 bits per heavy atom. The van der Waals surface area contributed by atoms with Crippen molar-refractivity contribution in [1.29, 1.82) is 0 Å². The van der Waals surface area contributed by atoms with Crippen LogP contribution >= 0.6 is 0 Å². The molecule has 0 bridgehead atoms. The van der Waals surface area contributed by atoms with Gasteiger partial charge in [-0.1, -0.05) is 19.6 Å². The molecule has 0 unspecified atom stereocenters. The molecule has 0 atom stereocenters. The maximum absolute atomic E-state index is 13.3. The van der Waals surface area contributed by atoms with Gasteiger partial charge in [0.15, 0.2) is 0 Å². The molecule has 1 aromatic carbocycles. The summed E-state index contributed by atoms with van der Waals surface area (Å²) >= 11 is 0. The second-order valence-electron chi connectivity index (χ2n) is 10.2. The lowest BCUT2D eigenvalue weighted by molar-refractivity contribution is 0.0660. The molecule has 0 aliphatic heterocycles. The van der Waals surface area contributed by atoms with Crippen molar-refractivity contribution in [3.63, 3.8) is 0 Å². The van der Waals surface area contributed by atoms with Crippen LogP contribution in [0.1, 0.15) is 19.9 Å². The minimum absolute atomic E-state index is 0.0102. The Balaban J connectivity index is 1.72. The van der Waals surface area contributed by atoms with Crippen molar-refractivity contribution in [3.05, 3.63) is 49.1 Å². The maximum atomic E-state index is 13.3. The molecule has 2 heterocycles. The summed E-state index contributed by atoms with van der Waals surface area (Å²) in [5, 5.41) is 3.15. The Hall–Kier alpha value is -2.64. The fourth-order valence-electron chi connectivity index (χ4n) is 3.46. The number of sulfonamides is 1. The molecule has 3 rings (SSSR count). The molecule has 3 aromatic rings. The van der Waals surface area contributed by atoms with Crippen LogP contribution in [0.15, 0.2) is 53.9 Å². The summed E-state index contributed by atoms with van der Waals surface area (Å²) in [5.41, 5.74) is 2.30. The lowest BCUT2D eigenvalue weighted by atomic mass is 10.3. The highest BCUT2D eigenvalue weighted by Gasteiger charge is 2.25. The van der Waals surface area contributed by atoms with E-state index in [4.69, 9.17) is 9.47 Å². The second-order valence-corrected chi connectivity index (χ2v) is 17.8. The van der Waals surface area contributed by atoms with E-state index in [1.54, 1.807) is 50.1 Å². The van der Waals surface area contributed by atoms with Gasteiger partial charge in [0.2, 0.25) is 16.0 Å². The molecule has 12 heteroatoms. The highest BCUT2D eigenvalue weighted by atomic mass is 32.2. The van der Waals surface area contributed by atoms with Crippen molar-refractivity contribution in [1.82, 2.24) is 23.8 Å². The van der Waals surface area contributed by atoms with Crippen LogP contribution in [0, 0.1) is 0 Å². The van der Waals surface area contributed by atoms with Gasteiger partial charge in [0, 0.05) is 46.3 Å². The summed E-state index contributed by atoms with van der Waals surface area (Å²) in [5.74, 6) is 0.405. The van der Waals surface area contributed by atoms with Crippen LogP contribution in [-0.2, 0) is 19.5 Å². The number of anilines is 2. The van der Waals surface area contributed by atoms with Gasteiger partial charge in [-0.25, -0.2) is 23.4 Å². The fourth-order valence-corrected chi connectivity index (χ4v) is 5.52. The summed E-state index contributed by atoms with van der Waals surface area (Å²) in [7, 11) is -3.48. The quantitative estimate of drug-likeness (QED) is 0.177. The Morgan fingerprint density at radius 1 is 1.11 bits per heavy atom. The van der Waals surface area contributed by atoms with Crippen LogP contribution in [0.3, 0.4) is 0 Å². The summed E-state index contributed by atoms with van der Waals surface area (Å²) in [6.07, 6.45) is 5.23. The molecule has 2 aromatic heterocycles. The predicted molar refractivity (Wildman–Crippen MR) is 148 cm³/mol. The largest absolute Gasteiger partial charge is 0.383 e. The topological polar surface area (TPSA) is 111 Å². The summed E-state index contributed by atoms with van der Waals surface area (Å²) in [6.45, 7) is 11.9. The smallest absolute Gasteiger partial charge is 0.245 e. The van der Waals surface area contributed by atoms with Crippen molar-refractivity contribution in [3.8, 4) is 11.4 Å². The SMILES string of the molecule is COCCN(COCC[Si](C)(C)C)S(=O)(=O)c1ccc(Nc2nccc(-c3cncn3C(C)C)n2)cc1. The number of aromatic nitrogens is 4. The number of hydrogen-bond donors (Lipinski definition) is 1. The van der Waals surface area contributed by atoms with Gasteiger partial charge in [0.1, 0.15) is 6.73 Å². The Labute approximate surface area is 221 Å². The molecule has 0 radical (unpaired) electrons. The van der Waals surface area contributed by atoms with Crippen molar-refractivity contribution in [2.75, 3.05) is 38.9 Å². The van der Waals surface area contributed by atoms with E-state index in [9.17, 15) is 8.42 Å². The minimum atomic E-state index is -3.76. The van der Waals surface area contributed by atoms with Gasteiger partial charge in [0.05, 0.1) is 35.4 Å². The highest BCUT2D eigenvalue weighted by molar-refractivity contribution is 7.89. The van der Waals surface area contributed by atoms with Gasteiger partial charge < -0.3 is 19.4 Å². The van der Waals surface area contributed by atoms with Crippen LogP contribution in [0.5, 0.6) is 0 Å². The first-order valence-corrected chi connectivity index (χ1v) is 17.4. The third-order valence-corrected chi connectivity index (χ3v) is 9.20. The highest BCUT2D eigenvalue weighted by Crippen LogP contribution is 2.23. The normalized spacial score (nSPS) is 12.4. The molecule has 0 saturated carbocycles. The lowest BCUT2D eigenvalue weighted by Gasteiger charge is -2.23. The monoisotopic (exact) mass is 546 g/mol. The first kappa shape index (κ1) is 28.9. The van der Waals surface area contributed by atoms with E-state index in [1.807, 2.05) is 10.6 Å². The number of hydrogen-bond acceptors (Lipinski definition) is 8. The van der Waals surface area contributed by atoms with Gasteiger partial charge in [-0.15, -0.1) is 0 Å². The average molecular weight is 547 g/mol. The van der Waals surface area contributed by atoms with E-state index in [1.165, 1.54) is 4.31 Å². The van der Waals surface area contributed by atoms with Crippen molar-refractivity contribution >= 4 is 29.7 Å². The van der Waals surface area contributed by atoms with E-state index < -0.39 is 18.1 Å². The molecule has 0 fully saturated rings. The first-order valence-electron chi connectivity index (χ1n) is 12.3. The number of benzene rings is 1. The molecule has 0 saturated heterocycles. The van der Waals surface area contributed by atoms with Crippen LogP contribution in [0.25, 0.3) is 11.4 Å². The van der Waals surface area contributed by atoms with Crippen LogP contribution in [0.2, 0.25) is 25.7 Å². The molecular formula is C25H38N6O4SSi. The van der Waals surface area contributed by atoms with E-state index in [0.717, 1.165) is 17.4 Å².